The Morgan fingerprint density at radius 2 is 1.07 bits per heavy atom. The molecule has 0 aliphatic carbocycles. The predicted molar refractivity (Wildman–Crippen MR) is 330 cm³/mol. The molecular formula is C68H75Ac2F3N10O11. The van der Waals surface area contributed by atoms with Gasteiger partial charge >= 0.3 is 6.18 Å². The third-order valence-corrected chi connectivity index (χ3v) is 20.7. The Labute approximate surface area is 614 Å². The topological polar surface area (TPSA) is 292 Å². The van der Waals surface area contributed by atoms with E-state index >= 15 is 0 Å². The largest absolute Gasteiger partial charge is 0.507 e. The fourth-order valence-electron chi connectivity index (χ4n) is 15.8. The summed E-state index contributed by atoms with van der Waals surface area (Å²) in [6.07, 6.45) is -0.365. The van der Waals surface area contributed by atoms with Crippen LogP contribution >= 0.6 is 0 Å². The second kappa shape index (κ2) is 27.2. The first-order chi connectivity index (χ1) is 43.7. The number of phenols is 4. The minimum atomic E-state index is -4.53. The number of nitriles is 2. The summed E-state index contributed by atoms with van der Waals surface area (Å²) < 4.78 is 62.8. The molecule has 4 bridgehead atoms. The van der Waals surface area contributed by atoms with Gasteiger partial charge in [-0.05, 0) is 152 Å². The molecule has 9 N–H and O–H groups in total. The second-order valence-corrected chi connectivity index (χ2v) is 25.7. The van der Waals surface area contributed by atoms with Crippen molar-refractivity contribution in [3.63, 3.8) is 0 Å². The number of nitrogens with one attached hydrogen (secondary N) is 3. The van der Waals surface area contributed by atoms with Gasteiger partial charge in [0.2, 0.25) is 31.3 Å². The number of nitrogens with two attached hydrogens (primary N) is 1. The molecule has 21 nitrogen and oxygen atoms in total. The number of fused-ring (bicyclic) bond motifs is 18. The molecule has 5 aromatic rings. The molecule has 8 aliphatic heterocycles. The molecule has 12 atom stereocenters. The maximum atomic E-state index is 13.5. The van der Waals surface area contributed by atoms with Gasteiger partial charge in [0, 0.05) is 176 Å². The van der Waals surface area contributed by atoms with E-state index in [1.807, 2.05) is 41.8 Å². The number of hydrogen-bond acceptors (Lipinski definition) is 18. The number of phenolic OH excluding ortho intramolecular Hbond substituents is 4. The van der Waals surface area contributed by atoms with Crippen LogP contribution in [0.15, 0.2) is 42.5 Å². The SMILES string of the molecule is Cc1cc2c(c(O)c1C)[C@@H]1C3Cc4c(O)c(C)c5c(c4[C@H](CNC(=O)[C@@H](C)N)N3[C@@H](C#N)[C@H](C2)N1C)OCO5.Cc1cc2c(c(O)c1C)[C@@H]1C3Cc4c(O)c(C)c5c(c4[C@H](CNC(=O)[C@@H](C)NC(=O)/C=C/c4cccc(C(F)(F)F)c4)N3[C@@H](C#N)[C@H](C2)N1C)OCO5.[Ac].[Ac]. The van der Waals surface area contributed by atoms with Crippen molar-refractivity contribution in [1.82, 2.24) is 35.6 Å². The number of ether oxygens (including phenoxy) is 4. The van der Waals surface area contributed by atoms with Gasteiger partial charge in [0.25, 0.3) is 0 Å². The van der Waals surface area contributed by atoms with Crippen molar-refractivity contribution < 1.29 is 155 Å². The van der Waals surface area contributed by atoms with Crippen LogP contribution in [0.2, 0.25) is 0 Å². The van der Waals surface area contributed by atoms with Crippen molar-refractivity contribution in [3.8, 4) is 58.1 Å². The molecule has 2 radical (unpaired) electrons. The first-order valence-electron chi connectivity index (χ1n) is 30.8. The second-order valence-electron chi connectivity index (χ2n) is 25.7. The van der Waals surface area contributed by atoms with E-state index in [0.717, 1.165) is 73.8 Å². The molecule has 26 heteroatoms. The molecule has 2 fully saturated rings. The number of benzene rings is 5. The third kappa shape index (κ3) is 11.9. The van der Waals surface area contributed by atoms with Gasteiger partial charge in [0.15, 0.2) is 23.0 Å². The molecule has 3 amide bonds. The quantitative estimate of drug-likeness (QED) is 0.0699. The monoisotopic (exact) mass is 1720 g/mol. The molecule has 0 saturated carbocycles. The molecule has 490 valence electrons. The number of aryl methyl sites for hydroxylation is 2. The van der Waals surface area contributed by atoms with Gasteiger partial charge in [0.1, 0.15) is 41.1 Å². The molecule has 0 spiro atoms. The number of likely N-dealkylation sites (N-methyl/N-ethyl adjacent to an activating group) is 2. The van der Waals surface area contributed by atoms with E-state index in [1.54, 1.807) is 20.8 Å². The number of alkyl halides is 3. The minimum Gasteiger partial charge on any atom is -0.507 e. The Morgan fingerprint density at radius 1 is 0.638 bits per heavy atom. The fourth-order valence-corrected chi connectivity index (χ4v) is 15.8. The number of halogens is 3. The van der Waals surface area contributed by atoms with Gasteiger partial charge in [-0.1, -0.05) is 24.3 Å². The van der Waals surface area contributed by atoms with E-state index in [9.17, 15) is 58.5 Å². The summed E-state index contributed by atoms with van der Waals surface area (Å²) in [4.78, 5) is 47.5. The van der Waals surface area contributed by atoms with E-state index in [0.29, 0.717) is 70.9 Å². The summed E-state index contributed by atoms with van der Waals surface area (Å²) in [5.74, 6) is 0.997. The van der Waals surface area contributed by atoms with Crippen LogP contribution in [0.5, 0.6) is 46.0 Å². The maximum Gasteiger partial charge on any atom is 0.416 e. The number of piperazine rings is 2. The van der Waals surface area contributed by atoms with Gasteiger partial charge in [-0.3, -0.25) is 34.0 Å². The Bertz CT molecular complexity index is 4040. The number of carbonyl (C=O) groups is 3. The summed E-state index contributed by atoms with van der Waals surface area (Å²) in [6.45, 7) is 14.5. The van der Waals surface area contributed by atoms with Gasteiger partial charge in [-0.15, -0.1) is 0 Å². The molecule has 8 heterocycles. The van der Waals surface area contributed by atoms with E-state index in [-0.39, 0.29) is 179 Å². The summed E-state index contributed by atoms with van der Waals surface area (Å²) >= 11 is 0. The Kier molecular flexibility index (Phi) is 20.5. The van der Waals surface area contributed by atoms with Crippen LogP contribution in [0.3, 0.4) is 0 Å². The number of aromatic hydroxyl groups is 4. The van der Waals surface area contributed by atoms with Crippen molar-refractivity contribution in [2.24, 2.45) is 5.73 Å². The first kappa shape index (κ1) is 70.9. The van der Waals surface area contributed by atoms with Crippen LogP contribution in [0.4, 0.5) is 13.2 Å². The van der Waals surface area contributed by atoms with E-state index in [4.69, 9.17) is 24.7 Å². The Morgan fingerprint density at radius 3 is 1.50 bits per heavy atom. The van der Waals surface area contributed by atoms with Crippen molar-refractivity contribution in [3.05, 3.63) is 131 Å². The third-order valence-electron chi connectivity index (χ3n) is 20.7. The molecule has 2 unspecified atom stereocenters. The number of nitrogens with zero attached hydrogens (tertiary/aromatic N) is 6. The van der Waals surface area contributed by atoms with Gasteiger partial charge < -0.3 is 61.1 Å². The molecule has 5 aromatic carbocycles. The summed E-state index contributed by atoms with van der Waals surface area (Å²) in [5, 5.41) is 75.9. The maximum absolute atomic E-state index is 13.5. The zero-order valence-electron chi connectivity index (χ0n) is 53.9. The number of hydrogen-bond donors (Lipinski definition) is 8. The average Bonchev–Trinajstić information content (AvgIpc) is 0.850. The summed E-state index contributed by atoms with van der Waals surface area (Å²) in [6, 6.07) is 8.11. The zero-order chi connectivity index (χ0) is 66.0. The number of rotatable bonds is 9. The fraction of sp³-hybridized carbons (Fsp3) is 0.456. The van der Waals surface area contributed by atoms with E-state index in [2.05, 4.69) is 59.8 Å². The van der Waals surface area contributed by atoms with Crippen molar-refractivity contribution in [2.75, 3.05) is 40.8 Å². The average molecular weight is 1720 g/mol. The Hall–Kier alpha value is -5.90. The van der Waals surface area contributed by atoms with Crippen LogP contribution in [0.1, 0.15) is 127 Å². The molecular weight excluding hydrogens is 1640 g/mol. The van der Waals surface area contributed by atoms with Gasteiger partial charge in [-0.25, -0.2) is 0 Å². The number of carbonyl (C=O) groups excluding carboxylic acids is 3. The van der Waals surface area contributed by atoms with Crippen molar-refractivity contribution >= 4 is 23.8 Å². The first-order valence-corrected chi connectivity index (χ1v) is 30.8. The smallest absolute Gasteiger partial charge is 0.416 e. The minimum absolute atomic E-state index is 0. The van der Waals surface area contributed by atoms with E-state index < -0.39 is 65.8 Å². The van der Waals surface area contributed by atoms with Crippen molar-refractivity contribution in [1.29, 1.82) is 10.5 Å². The predicted octanol–water partition coefficient (Wildman–Crippen LogP) is 6.86. The molecule has 13 rings (SSSR count). The van der Waals surface area contributed by atoms with Crippen LogP contribution in [0.25, 0.3) is 6.08 Å². The van der Waals surface area contributed by atoms with Crippen LogP contribution in [0, 0.1) is 152 Å². The Balaban J connectivity index is 0.000000210. The van der Waals surface area contributed by atoms with Crippen LogP contribution in [-0.4, -0.2) is 147 Å². The van der Waals surface area contributed by atoms with Crippen LogP contribution < -0.4 is 40.6 Å². The molecule has 8 aliphatic rings. The molecule has 94 heavy (non-hydrogen) atoms. The number of amides is 3. The zero-order valence-corrected chi connectivity index (χ0v) is 63.4. The van der Waals surface area contributed by atoms with Crippen LogP contribution in [-0.2, 0) is 46.2 Å². The van der Waals surface area contributed by atoms with Gasteiger partial charge in [0.05, 0.1) is 47.9 Å². The van der Waals surface area contributed by atoms with Crippen molar-refractivity contribution in [2.45, 2.75) is 160 Å². The van der Waals surface area contributed by atoms with Gasteiger partial charge in [-0.2, -0.15) is 23.7 Å². The standard InChI is InChI=1S/C39H40F3N5O6.C29H35N5O5.2Ac/c1-18-11-23-13-26-28(15-43)47-27(33(46(26)5)31(23)35(50)19(18)2)14-25-32(37-36(52-17-53-37)20(3)34(25)49)29(47)16-44-38(51)21(4)45-30(48)10-9-22-7-6-8-24(12-22)39(40,41)42;1-12-6-16-7-18-20(9-30)34-19(24(33(18)5)22(16)26(36)13(12)2)8-17-23(21(34)10-32-29(37)15(4)31)28-27(38-11-39-28)14(3)25(17)35;;/h6-12,21,26-29,33,49-50H,13-14,16-17H2,1-5H3,(H,44,51)(H,45,48);6,15,18-21,24,35-36H,7-8,10-11,31H2,1-5H3,(H,32,37);;/b10-9+;;;/t21-,26+,27?,28+,29+,33+;15-,18+,19?,20+,21+,24+;;/m11../s1. The molecule has 0 aromatic heterocycles. The summed E-state index contributed by atoms with van der Waals surface area (Å²) in [5.41, 5.74) is 16.2. The summed E-state index contributed by atoms with van der Waals surface area (Å²) in [7, 11) is 3.97. The van der Waals surface area contributed by atoms with E-state index in [1.165, 1.54) is 25.1 Å². The normalized spacial score (nSPS) is 24.9. The molecule has 2 saturated heterocycles.